The molecule has 0 bridgehead atoms. The number of rotatable bonds is 8. The molecule has 5 heteroatoms. The molecule has 0 radical (unpaired) electrons. The topological polar surface area (TPSA) is 53.1 Å². The van der Waals surface area contributed by atoms with Crippen LogP contribution in [0.2, 0.25) is 0 Å². The van der Waals surface area contributed by atoms with Gasteiger partial charge in [0, 0.05) is 7.11 Å². The Bertz CT molecular complexity index is 354. The van der Waals surface area contributed by atoms with Crippen molar-refractivity contribution in [2.24, 2.45) is 11.7 Å². The summed E-state index contributed by atoms with van der Waals surface area (Å²) < 4.78 is 8.04. The highest BCUT2D eigenvalue weighted by Crippen LogP contribution is 2.29. The van der Waals surface area contributed by atoms with Gasteiger partial charge in [-0.05, 0) is 28.3 Å². The van der Waals surface area contributed by atoms with Gasteiger partial charge in [0.2, 0.25) is 0 Å². The molecule has 0 amide bonds. The zero-order valence-electron chi connectivity index (χ0n) is 11.5. The zero-order valence-corrected chi connectivity index (χ0v) is 13.1. The van der Waals surface area contributed by atoms with Crippen LogP contribution in [-0.2, 0) is 11.3 Å². The van der Waals surface area contributed by atoms with Gasteiger partial charge in [0.05, 0.1) is 35.6 Å². The molecule has 2 atom stereocenters. The molecule has 0 saturated heterocycles. The molecule has 0 aromatic carbocycles. The molecule has 0 spiro atoms. The average molecular weight is 318 g/mol. The molecule has 2 N–H and O–H groups in total. The summed E-state index contributed by atoms with van der Waals surface area (Å²) >= 11 is 3.54. The fourth-order valence-corrected chi connectivity index (χ4v) is 2.59. The second-order valence-corrected chi connectivity index (χ2v) is 5.59. The molecule has 0 aliphatic rings. The Labute approximate surface area is 118 Å². The lowest BCUT2D eigenvalue weighted by Crippen LogP contribution is -2.24. The molecule has 18 heavy (non-hydrogen) atoms. The van der Waals surface area contributed by atoms with E-state index in [-0.39, 0.29) is 6.04 Å². The Morgan fingerprint density at radius 3 is 2.89 bits per heavy atom. The minimum atomic E-state index is 0.0188. The molecule has 2 unspecified atom stereocenters. The molecule has 0 aliphatic carbocycles. The van der Waals surface area contributed by atoms with Crippen LogP contribution in [0, 0.1) is 5.92 Å². The van der Waals surface area contributed by atoms with E-state index in [4.69, 9.17) is 10.5 Å². The number of hydrogen-bond donors (Lipinski definition) is 1. The fraction of sp³-hybridized carbons (Fsp3) is 0.769. The lowest BCUT2D eigenvalue weighted by Gasteiger charge is -2.21. The van der Waals surface area contributed by atoms with Crippen molar-refractivity contribution >= 4 is 15.9 Å². The molecule has 1 heterocycles. The number of nitrogens with two attached hydrogens (primary N) is 1. The second kappa shape index (κ2) is 7.92. The highest BCUT2D eigenvalue weighted by Gasteiger charge is 2.21. The summed E-state index contributed by atoms with van der Waals surface area (Å²) in [5.74, 6) is 0.458. The maximum absolute atomic E-state index is 6.37. The van der Waals surface area contributed by atoms with Gasteiger partial charge in [-0.3, -0.25) is 4.68 Å². The van der Waals surface area contributed by atoms with Crippen molar-refractivity contribution in [3.63, 3.8) is 0 Å². The summed E-state index contributed by atoms with van der Waals surface area (Å²) in [5.41, 5.74) is 7.44. The van der Waals surface area contributed by atoms with Gasteiger partial charge in [-0.15, -0.1) is 0 Å². The minimum absolute atomic E-state index is 0.0188. The van der Waals surface area contributed by atoms with E-state index in [0.29, 0.717) is 12.5 Å². The molecule has 4 nitrogen and oxygen atoms in total. The van der Waals surface area contributed by atoms with Crippen LogP contribution in [0.5, 0.6) is 0 Å². The Kier molecular flexibility index (Phi) is 6.89. The van der Waals surface area contributed by atoms with Crippen LogP contribution in [0.3, 0.4) is 0 Å². The van der Waals surface area contributed by atoms with E-state index in [1.807, 2.05) is 10.9 Å². The first-order valence-corrected chi connectivity index (χ1v) is 7.36. The maximum Gasteiger partial charge on any atom is 0.0697 e. The smallest absolute Gasteiger partial charge is 0.0697 e. The van der Waals surface area contributed by atoms with Crippen molar-refractivity contribution in [1.82, 2.24) is 9.78 Å². The van der Waals surface area contributed by atoms with E-state index in [0.717, 1.165) is 23.1 Å². The summed E-state index contributed by atoms with van der Waals surface area (Å²) in [5, 5.41) is 4.35. The largest absolute Gasteiger partial charge is 0.383 e. The highest BCUT2D eigenvalue weighted by molar-refractivity contribution is 9.10. The zero-order chi connectivity index (χ0) is 13.5. The first-order chi connectivity index (χ1) is 8.61. The number of nitrogens with zero attached hydrogens (tertiary/aromatic N) is 2. The normalized spacial score (nSPS) is 14.7. The third kappa shape index (κ3) is 4.07. The van der Waals surface area contributed by atoms with Crippen molar-refractivity contribution in [2.75, 3.05) is 13.7 Å². The van der Waals surface area contributed by atoms with Gasteiger partial charge in [-0.2, -0.15) is 5.10 Å². The van der Waals surface area contributed by atoms with Crippen LogP contribution < -0.4 is 5.73 Å². The number of aromatic nitrogens is 2. The Balaban J connectivity index is 2.76. The standard InChI is InChI=1S/C13H24BrN3O/c1-4-5-6-10(2)12(15)13-11(14)9-16-17(13)7-8-18-3/h9-10,12H,4-8,15H2,1-3H3. The van der Waals surface area contributed by atoms with Crippen LogP contribution in [0.1, 0.15) is 44.8 Å². The first kappa shape index (κ1) is 15.7. The minimum Gasteiger partial charge on any atom is -0.383 e. The van der Waals surface area contributed by atoms with Crippen molar-refractivity contribution in [3.05, 3.63) is 16.4 Å². The van der Waals surface area contributed by atoms with Gasteiger partial charge in [0.1, 0.15) is 0 Å². The fourth-order valence-electron chi connectivity index (χ4n) is 2.03. The number of hydrogen-bond acceptors (Lipinski definition) is 3. The first-order valence-electron chi connectivity index (χ1n) is 6.57. The predicted octanol–water partition coefficient (Wildman–Crippen LogP) is 3.12. The predicted molar refractivity (Wildman–Crippen MR) is 77.4 cm³/mol. The third-order valence-corrected chi connectivity index (χ3v) is 3.89. The van der Waals surface area contributed by atoms with Gasteiger partial charge >= 0.3 is 0 Å². The van der Waals surface area contributed by atoms with Gasteiger partial charge in [-0.1, -0.05) is 26.7 Å². The van der Waals surface area contributed by atoms with Crippen LogP contribution >= 0.6 is 15.9 Å². The second-order valence-electron chi connectivity index (χ2n) is 4.74. The van der Waals surface area contributed by atoms with Gasteiger partial charge < -0.3 is 10.5 Å². The summed E-state index contributed by atoms with van der Waals surface area (Å²) in [6.07, 6.45) is 5.40. The summed E-state index contributed by atoms with van der Waals surface area (Å²) in [4.78, 5) is 0. The molecule has 104 valence electrons. The SMILES string of the molecule is CCCCC(C)C(N)c1c(Br)cnn1CCOC. The quantitative estimate of drug-likeness (QED) is 0.801. The summed E-state index contributed by atoms with van der Waals surface area (Å²) in [6.45, 7) is 5.81. The maximum atomic E-state index is 6.37. The van der Waals surface area contributed by atoms with Crippen LogP contribution in [0.25, 0.3) is 0 Å². The van der Waals surface area contributed by atoms with Crippen LogP contribution in [-0.4, -0.2) is 23.5 Å². The molecule has 1 aromatic heterocycles. The van der Waals surface area contributed by atoms with Gasteiger partial charge in [-0.25, -0.2) is 0 Å². The van der Waals surface area contributed by atoms with E-state index in [9.17, 15) is 0 Å². The monoisotopic (exact) mass is 317 g/mol. The average Bonchev–Trinajstić information content (AvgIpc) is 2.73. The molecule has 0 saturated carbocycles. The lowest BCUT2D eigenvalue weighted by atomic mass is 9.94. The van der Waals surface area contributed by atoms with E-state index in [1.54, 1.807) is 7.11 Å². The van der Waals surface area contributed by atoms with Crippen LogP contribution in [0.15, 0.2) is 10.7 Å². The molecular formula is C13H24BrN3O. The van der Waals surface area contributed by atoms with Crippen molar-refractivity contribution < 1.29 is 4.74 Å². The Morgan fingerprint density at radius 2 is 2.28 bits per heavy atom. The Morgan fingerprint density at radius 1 is 1.56 bits per heavy atom. The number of unbranched alkanes of at least 4 members (excludes halogenated alkanes) is 1. The van der Waals surface area contributed by atoms with Gasteiger partial charge in [0.25, 0.3) is 0 Å². The molecular weight excluding hydrogens is 294 g/mol. The van der Waals surface area contributed by atoms with E-state index >= 15 is 0 Å². The Hall–Kier alpha value is -0.390. The molecule has 0 aliphatic heterocycles. The summed E-state index contributed by atoms with van der Waals surface area (Å²) in [6, 6.07) is 0.0188. The molecule has 1 aromatic rings. The van der Waals surface area contributed by atoms with Gasteiger partial charge in [0.15, 0.2) is 0 Å². The van der Waals surface area contributed by atoms with E-state index in [1.165, 1.54) is 12.8 Å². The van der Waals surface area contributed by atoms with E-state index in [2.05, 4.69) is 34.9 Å². The van der Waals surface area contributed by atoms with Crippen molar-refractivity contribution in [3.8, 4) is 0 Å². The highest BCUT2D eigenvalue weighted by atomic mass is 79.9. The third-order valence-electron chi connectivity index (χ3n) is 3.28. The molecule has 1 rings (SSSR count). The van der Waals surface area contributed by atoms with Crippen molar-refractivity contribution in [2.45, 2.75) is 45.7 Å². The molecule has 0 fully saturated rings. The summed E-state index contributed by atoms with van der Waals surface area (Å²) in [7, 11) is 1.70. The van der Waals surface area contributed by atoms with E-state index < -0.39 is 0 Å². The number of halogens is 1. The lowest BCUT2D eigenvalue weighted by molar-refractivity contribution is 0.181. The van der Waals surface area contributed by atoms with Crippen molar-refractivity contribution in [1.29, 1.82) is 0 Å². The van der Waals surface area contributed by atoms with Crippen LogP contribution in [0.4, 0.5) is 0 Å². The number of methoxy groups -OCH3 is 1. The number of ether oxygens (including phenoxy) is 1.